The van der Waals surface area contributed by atoms with Crippen molar-refractivity contribution < 1.29 is 14.4 Å². The van der Waals surface area contributed by atoms with Crippen LogP contribution in [-0.4, -0.2) is 29.3 Å². The van der Waals surface area contributed by atoms with Crippen LogP contribution in [0.25, 0.3) is 21.0 Å². The van der Waals surface area contributed by atoms with E-state index in [1.807, 2.05) is 19.1 Å². The number of carbonyl (C=O) groups is 3. The van der Waals surface area contributed by atoms with Crippen molar-refractivity contribution in [3.63, 3.8) is 0 Å². The van der Waals surface area contributed by atoms with Gasteiger partial charge in [0.05, 0.1) is 11.4 Å². The minimum absolute atomic E-state index is 0.234. The van der Waals surface area contributed by atoms with Gasteiger partial charge in [0.25, 0.3) is 0 Å². The fourth-order valence-electron chi connectivity index (χ4n) is 2.99. The molecule has 0 fully saturated rings. The number of hydrogen-bond acceptors (Lipinski definition) is 6. The molecule has 0 bridgehead atoms. The molecule has 10 nitrogen and oxygen atoms in total. The molecule has 34 heavy (non-hydrogen) atoms. The van der Waals surface area contributed by atoms with E-state index >= 15 is 0 Å². The largest absolute Gasteiger partial charge is 0.347 e. The van der Waals surface area contributed by atoms with Crippen LogP contribution in [0.1, 0.15) is 17.5 Å². The minimum atomic E-state index is -0.795. The number of benzene rings is 2. The summed E-state index contributed by atoms with van der Waals surface area (Å²) >= 11 is 3.62. The zero-order chi connectivity index (χ0) is 24.7. The summed E-state index contributed by atoms with van der Waals surface area (Å²) in [4.78, 5) is 44.0. The number of anilines is 2. The highest BCUT2D eigenvalue weighted by molar-refractivity contribution is 14.1. The highest BCUT2D eigenvalue weighted by Crippen LogP contribution is 2.32. The highest BCUT2D eigenvalue weighted by Gasteiger charge is 2.15. The molecule has 1 aromatic heterocycles. The molecule has 0 radical (unpaired) electrons. The quantitative estimate of drug-likeness (QED) is 0.118. The Bertz CT molecular complexity index is 1300. The van der Waals surface area contributed by atoms with Gasteiger partial charge in [0.15, 0.2) is 0 Å². The van der Waals surface area contributed by atoms with Gasteiger partial charge in [-0.25, -0.2) is 4.98 Å². The molecule has 3 rings (SSSR count). The van der Waals surface area contributed by atoms with Crippen LogP contribution in [0.4, 0.5) is 17.1 Å². The SMILES string of the molecule is CC(=O)Nc1cccc(NC(=O)C(=O)NCCc2sc(-c3ccc(N=[N+]=[N-])c([125I])c3)nc2C)c1. The number of thiazole rings is 1. The number of azide groups is 1. The Balaban J connectivity index is 1.56. The fraction of sp³-hybridized carbons (Fsp3) is 0.182. The van der Waals surface area contributed by atoms with Gasteiger partial charge in [-0.05, 0) is 59.3 Å². The van der Waals surface area contributed by atoms with Gasteiger partial charge >= 0.3 is 11.8 Å². The summed E-state index contributed by atoms with van der Waals surface area (Å²) in [5, 5.41) is 12.2. The predicted octanol–water partition coefficient (Wildman–Crippen LogP) is 4.92. The summed E-state index contributed by atoms with van der Waals surface area (Å²) in [6, 6.07) is 12.0. The molecule has 0 saturated heterocycles. The molecule has 3 amide bonds. The molecule has 1 heterocycles. The number of nitrogens with one attached hydrogen (secondary N) is 3. The number of halogens is 1. The monoisotopic (exact) mass is 587 g/mol. The number of rotatable bonds is 7. The van der Waals surface area contributed by atoms with E-state index in [9.17, 15) is 14.4 Å². The Labute approximate surface area is 212 Å². The third kappa shape index (κ3) is 6.76. The molecule has 2 aromatic carbocycles. The van der Waals surface area contributed by atoms with Gasteiger partial charge in [0.1, 0.15) is 5.01 Å². The molecule has 0 spiro atoms. The average Bonchev–Trinajstić information content (AvgIpc) is 3.15. The summed E-state index contributed by atoms with van der Waals surface area (Å²) in [6.07, 6.45) is 0.522. The Morgan fingerprint density at radius 1 is 1.12 bits per heavy atom. The van der Waals surface area contributed by atoms with Crippen LogP contribution >= 0.6 is 33.9 Å². The Hall–Kier alpha value is -3.48. The van der Waals surface area contributed by atoms with E-state index < -0.39 is 11.8 Å². The first kappa shape index (κ1) is 25.1. The van der Waals surface area contributed by atoms with Crippen molar-refractivity contribution in [3.05, 3.63) is 67.0 Å². The second kappa shape index (κ2) is 11.6. The Morgan fingerprint density at radius 2 is 1.85 bits per heavy atom. The minimum Gasteiger partial charge on any atom is -0.347 e. The summed E-state index contributed by atoms with van der Waals surface area (Å²) in [7, 11) is 0. The maximum atomic E-state index is 12.2. The number of nitrogens with zero attached hydrogens (tertiary/aromatic N) is 4. The van der Waals surface area contributed by atoms with Crippen LogP contribution in [-0.2, 0) is 20.8 Å². The van der Waals surface area contributed by atoms with Crippen LogP contribution in [0.15, 0.2) is 47.6 Å². The van der Waals surface area contributed by atoms with Crippen molar-refractivity contribution in [1.82, 2.24) is 10.3 Å². The van der Waals surface area contributed by atoms with Crippen LogP contribution in [0.2, 0.25) is 0 Å². The number of amides is 3. The second-order valence-corrected chi connectivity index (χ2v) is 9.35. The maximum absolute atomic E-state index is 12.2. The molecule has 12 heteroatoms. The van der Waals surface area contributed by atoms with Crippen molar-refractivity contribution >= 4 is 68.7 Å². The number of carbonyl (C=O) groups excluding carboxylic acids is 3. The van der Waals surface area contributed by atoms with Gasteiger partial charge in [-0.15, -0.1) is 11.3 Å². The van der Waals surface area contributed by atoms with Gasteiger partial charge in [0.2, 0.25) is 5.91 Å². The lowest BCUT2D eigenvalue weighted by atomic mass is 10.2. The molecule has 0 aliphatic heterocycles. The molecule has 0 aliphatic carbocycles. The molecule has 0 aliphatic rings. The van der Waals surface area contributed by atoms with E-state index in [1.165, 1.54) is 18.3 Å². The average molecular weight is 587 g/mol. The number of hydrogen-bond donors (Lipinski definition) is 3. The molecule has 0 atom stereocenters. The zero-order valence-corrected chi connectivity index (χ0v) is 21.2. The van der Waals surface area contributed by atoms with E-state index in [0.29, 0.717) is 23.5 Å². The van der Waals surface area contributed by atoms with E-state index in [-0.39, 0.29) is 12.5 Å². The van der Waals surface area contributed by atoms with E-state index in [1.54, 1.807) is 30.3 Å². The van der Waals surface area contributed by atoms with E-state index in [4.69, 9.17) is 5.53 Å². The van der Waals surface area contributed by atoms with E-state index in [0.717, 1.165) is 24.7 Å². The van der Waals surface area contributed by atoms with Gasteiger partial charge in [-0.1, -0.05) is 23.3 Å². The first-order valence-electron chi connectivity index (χ1n) is 10.0. The fourth-order valence-corrected chi connectivity index (χ4v) is 4.67. The molecule has 0 saturated carbocycles. The van der Waals surface area contributed by atoms with E-state index in [2.05, 4.69) is 53.6 Å². The van der Waals surface area contributed by atoms with Crippen LogP contribution in [0.3, 0.4) is 0 Å². The lowest BCUT2D eigenvalue weighted by Gasteiger charge is -2.08. The van der Waals surface area contributed by atoms with Crippen molar-refractivity contribution in [3.8, 4) is 10.6 Å². The number of aryl methyl sites for hydroxylation is 1. The number of aromatic nitrogens is 1. The summed E-state index contributed by atoms with van der Waals surface area (Å²) in [6.45, 7) is 3.55. The molecular weight excluding hydrogens is 567 g/mol. The van der Waals surface area contributed by atoms with Crippen molar-refractivity contribution in [2.24, 2.45) is 5.11 Å². The topological polar surface area (TPSA) is 149 Å². The predicted molar refractivity (Wildman–Crippen MR) is 140 cm³/mol. The maximum Gasteiger partial charge on any atom is 0.313 e. The van der Waals surface area contributed by atoms with Gasteiger partial charge in [-0.2, -0.15) is 0 Å². The molecule has 0 unspecified atom stereocenters. The Kier molecular flexibility index (Phi) is 8.57. The molecule has 3 N–H and O–H groups in total. The first-order valence-corrected chi connectivity index (χ1v) is 11.9. The van der Waals surface area contributed by atoms with Crippen molar-refractivity contribution in [1.29, 1.82) is 0 Å². The van der Waals surface area contributed by atoms with Crippen LogP contribution in [0.5, 0.6) is 0 Å². The third-order valence-electron chi connectivity index (χ3n) is 4.52. The summed E-state index contributed by atoms with van der Waals surface area (Å²) in [5.74, 6) is -1.78. The zero-order valence-electron chi connectivity index (χ0n) is 18.3. The Morgan fingerprint density at radius 3 is 2.53 bits per heavy atom. The first-order chi connectivity index (χ1) is 16.3. The lowest BCUT2D eigenvalue weighted by molar-refractivity contribution is -0.136. The summed E-state index contributed by atoms with van der Waals surface area (Å²) < 4.78 is 0.822. The third-order valence-corrected chi connectivity index (χ3v) is 6.65. The summed E-state index contributed by atoms with van der Waals surface area (Å²) in [5.41, 5.74) is 11.8. The van der Waals surface area contributed by atoms with Gasteiger partial charge in [-0.3, -0.25) is 14.4 Å². The van der Waals surface area contributed by atoms with Gasteiger partial charge in [0, 0.05) is 50.2 Å². The standard InChI is InChI=1S/C22H20IN7O3S/c1-12-19(34-22(26-12)14-6-7-18(29-30-24)17(23)10-14)8-9-25-20(32)21(33)28-16-5-3-4-15(11-16)27-13(2)31/h3-7,10-11H,8-9H2,1-2H3,(H,25,32)(H,27,31)(H,28,33)/i23-2. The molecule has 3 aromatic rings. The lowest BCUT2D eigenvalue weighted by Crippen LogP contribution is -2.36. The van der Waals surface area contributed by atoms with Crippen molar-refractivity contribution in [2.75, 3.05) is 17.2 Å². The normalized spacial score (nSPS) is 10.2. The smallest absolute Gasteiger partial charge is 0.313 e. The highest BCUT2D eigenvalue weighted by atomic mass is 125. The molecule has 174 valence electrons. The molecular formula is C22H20IN7O3S. The van der Waals surface area contributed by atoms with Crippen LogP contribution in [0, 0.1) is 10.5 Å². The van der Waals surface area contributed by atoms with Crippen molar-refractivity contribution in [2.45, 2.75) is 20.3 Å². The van der Waals surface area contributed by atoms with Gasteiger partial charge < -0.3 is 16.0 Å². The van der Waals surface area contributed by atoms with Crippen LogP contribution < -0.4 is 16.0 Å². The second-order valence-electron chi connectivity index (χ2n) is 7.11.